The number of amides is 1. The van der Waals surface area contributed by atoms with Gasteiger partial charge in [0.2, 0.25) is 6.79 Å². The van der Waals surface area contributed by atoms with E-state index >= 15 is 0 Å². The first-order chi connectivity index (χ1) is 8.37. The monoisotopic (exact) mass is 271 g/mol. The third-order valence-corrected chi connectivity index (χ3v) is 2.65. The van der Waals surface area contributed by atoms with Crippen LogP contribution in [0.3, 0.4) is 0 Å². The molecule has 2 N–H and O–H groups in total. The van der Waals surface area contributed by atoms with Gasteiger partial charge in [-0.25, -0.2) is 0 Å². The minimum absolute atomic E-state index is 0.101. The molecule has 1 aromatic rings. The number of aliphatic hydroxyl groups is 1. The number of ether oxygens (including phenoxy) is 2. The first-order valence-electron chi connectivity index (χ1n) is 5.46. The molecule has 0 radical (unpaired) electrons. The number of carbonyl (C=O) groups excluding carboxylic acids is 1. The van der Waals surface area contributed by atoms with E-state index in [1.165, 1.54) is 6.07 Å². The zero-order valence-electron chi connectivity index (χ0n) is 10.1. The van der Waals surface area contributed by atoms with Gasteiger partial charge in [0, 0.05) is 12.1 Å². The average Bonchev–Trinajstić information content (AvgIpc) is 2.73. The van der Waals surface area contributed by atoms with Crippen molar-refractivity contribution in [2.45, 2.75) is 19.4 Å². The molecule has 0 saturated carbocycles. The molecule has 18 heavy (non-hydrogen) atoms. The lowest BCUT2D eigenvalue weighted by atomic mass is 10.1. The highest BCUT2D eigenvalue weighted by Crippen LogP contribution is 2.39. The highest BCUT2D eigenvalue weighted by atomic mass is 35.5. The molecule has 0 unspecified atom stereocenters. The van der Waals surface area contributed by atoms with Crippen LogP contribution in [0.4, 0.5) is 0 Å². The number of hydrogen-bond donors (Lipinski definition) is 2. The number of rotatable bonds is 3. The minimum Gasteiger partial charge on any atom is -0.454 e. The van der Waals surface area contributed by atoms with Crippen LogP contribution >= 0.6 is 11.6 Å². The van der Waals surface area contributed by atoms with Gasteiger partial charge >= 0.3 is 0 Å². The molecule has 1 amide bonds. The summed E-state index contributed by atoms with van der Waals surface area (Å²) < 4.78 is 10.3. The zero-order chi connectivity index (χ0) is 13.3. The fourth-order valence-electron chi connectivity index (χ4n) is 1.50. The van der Waals surface area contributed by atoms with Gasteiger partial charge in [-0.15, -0.1) is 0 Å². The van der Waals surface area contributed by atoms with E-state index in [4.69, 9.17) is 21.1 Å². The maximum Gasteiger partial charge on any atom is 0.251 e. The van der Waals surface area contributed by atoms with Crippen LogP contribution in [0.5, 0.6) is 11.5 Å². The van der Waals surface area contributed by atoms with Crippen molar-refractivity contribution in [3.63, 3.8) is 0 Å². The van der Waals surface area contributed by atoms with E-state index in [1.807, 2.05) is 0 Å². The Hall–Kier alpha value is -1.46. The predicted octanol–water partition coefficient (Wildman–Crippen LogP) is 1.57. The predicted molar refractivity (Wildman–Crippen MR) is 66.2 cm³/mol. The molecule has 6 heteroatoms. The van der Waals surface area contributed by atoms with Gasteiger partial charge in [-0.3, -0.25) is 4.79 Å². The molecule has 1 aliphatic rings. The molecule has 0 atom stereocenters. The molecule has 0 fully saturated rings. The average molecular weight is 272 g/mol. The summed E-state index contributed by atoms with van der Waals surface area (Å²) in [6, 6.07) is 3.07. The van der Waals surface area contributed by atoms with Crippen molar-refractivity contribution in [1.82, 2.24) is 5.32 Å². The Morgan fingerprint density at radius 3 is 2.89 bits per heavy atom. The van der Waals surface area contributed by atoms with E-state index in [0.717, 1.165) is 0 Å². The van der Waals surface area contributed by atoms with Crippen molar-refractivity contribution in [3.8, 4) is 11.5 Å². The Balaban J connectivity index is 2.14. The van der Waals surface area contributed by atoms with Crippen molar-refractivity contribution in [2.75, 3.05) is 13.3 Å². The van der Waals surface area contributed by atoms with Crippen LogP contribution < -0.4 is 14.8 Å². The number of halogens is 1. The molecule has 5 nitrogen and oxygen atoms in total. The second-order valence-electron chi connectivity index (χ2n) is 4.69. The summed E-state index contributed by atoms with van der Waals surface area (Å²) in [5.74, 6) is 0.587. The summed E-state index contributed by atoms with van der Waals surface area (Å²) in [6.45, 7) is 3.47. The quantitative estimate of drug-likeness (QED) is 0.876. The van der Waals surface area contributed by atoms with E-state index in [-0.39, 0.29) is 19.2 Å². The standard InChI is InChI=1S/C12H14ClNO4/c1-12(2,16)5-14-11(15)7-3-8(13)10-9(4-7)17-6-18-10/h3-4,16H,5-6H2,1-2H3,(H,14,15). The number of nitrogens with one attached hydrogen (secondary N) is 1. The maximum atomic E-state index is 11.9. The third kappa shape index (κ3) is 2.86. The Morgan fingerprint density at radius 2 is 2.22 bits per heavy atom. The number of fused-ring (bicyclic) bond motifs is 1. The Labute approximate surface area is 110 Å². The molecule has 0 saturated heterocycles. The molecule has 1 aliphatic heterocycles. The summed E-state index contributed by atoms with van der Waals surface area (Å²) in [6.07, 6.45) is 0. The fourth-order valence-corrected chi connectivity index (χ4v) is 1.76. The summed E-state index contributed by atoms with van der Waals surface area (Å²) in [5.41, 5.74) is -0.594. The lowest BCUT2D eigenvalue weighted by Crippen LogP contribution is -2.38. The molecule has 0 aliphatic carbocycles. The highest BCUT2D eigenvalue weighted by Gasteiger charge is 2.21. The lowest BCUT2D eigenvalue weighted by molar-refractivity contribution is 0.0694. The van der Waals surface area contributed by atoms with Crippen molar-refractivity contribution < 1.29 is 19.4 Å². The number of carbonyl (C=O) groups is 1. The SMILES string of the molecule is CC(C)(O)CNC(=O)c1cc(Cl)c2c(c1)OCO2. The van der Waals surface area contributed by atoms with Gasteiger partial charge in [0.05, 0.1) is 10.6 Å². The normalized spacial score (nSPS) is 13.6. The smallest absolute Gasteiger partial charge is 0.251 e. The molecule has 0 aromatic heterocycles. The molecule has 2 rings (SSSR count). The van der Waals surface area contributed by atoms with Gasteiger partial charge < -0.3 is 19.9 Å². The summed E-state index contributed by atoms with van der Waals surface area (Å²) in [4.78, 5) is 11.9. The molecular formula is C12H14ClNO4. The van der Waals surface area contributed by atoms with Crippen LogP contribution in [0.1, 0.15) is 24.2 Å². The summed E-state index contributed by atoms with van der Waals surface area (Å²) in [5, 5.41) is 12.5. The van der Waals surface area contributed by atoms with Gasteiger partial charge in [-0.1, -0.05) is 11.6 Å². The van der Waals surface area contributed by atoms with Gasteiger partial charge in [-0.2, -0.15) is 0 Å². The van der Waals surface area contributed by atoms with Gasteiger partial charge in [0.25, 0.3) is 5.91 Å². The third-order valence-electron chi connectivity index (χ3n) is 2.37. The van der Waals surface area contributed by atoms with Crippen molar-refractivity contribution in [3.05, 3.63) is 22.7 Å². The Bertz CT molecular complexity index is 482. The van der Waals surface area contributed by atoms with Crippen molar-refractivity contribution >= 4 is 17.5 Å². The van der Waals surface area contributed by atoms with E-state index in [0.29, 0.717) is 22.1 Å². The molecule has 1 heterocycles. The van der Waals surface area contributed by atoms with E-state index < -0.39 is 5.60 Å². The van der Waals surface area contributed by atoms with Crippen molar-refractivity contribution in [1.29, 1.82) is 0 Å². The fraction of sp³-hybridized carbons (Fsp3) is 0.417. The van der Waals surface area contributed by atoms with E-state index in [1.54, 1.807) is 19.9 Å². The van der Waals surface area contributed by atoms with Gasteiger partial charge in [0.1, 0.15) is 0 Å². The summed E-state index contributed by atoms with van der Waals surface area (Å²) >= 11 is 5.97. The molecule has 0 bridgehead atoms. The highest BCUT2D eigenvalue weighted by molar-refractivity contribution is 6.32. The van der Waals surface area contributed by atoms with Gasteiger partial charge in [0.15, 0.2) is 11.5 Å². The molecule has 1 aromatic carbocycles. The zero-order valence-corrected chi connectivity index (χ0v) is 10.9. The maximum absolute atomic E-state index is 11.9. The van der Waals surface area contributed by atoms with Crippen molar-refractivity contribution in [2.24, 2.45) is 0 Å². The second-order valence-corrected chi connectivity index (χ2v) is 5.09. The van der Waals surface area contributed by atoms with Crippen LogP contribution in [0, 0.1) is 0 Å². The van der Waals surface area contributed by atoms with Crippen LogP contribution in [0.2, 0.25) is 5.02 Å². The number of benzene rings is 1. The van der Waals surface area contributed by atoms with E-state index in [2.05, 4.69) is 5.32 Å². The first kappa shape index (κ1) is 13.0. The van der Waals surface area contributed by atoms with Crippen LogP contribution in [0.15, 0.2) is 12.1 Å². The lowest BCUT2D eigenvalue weighted by Gasteiger charge is -2.17. The second kappa shape index (κ2) is 4.66. The first-order valence-corrected chi connectivity index (χ1v) is 5.84. The van der Waals surface area contributed by atoms with Crippen LogP contribution in [-0.4, -0.2) is 30.0 Å². The molecule has 0 spiro atoms. The Morgan fingerprint density at radius 1 is 1.50 bits per heavy atom. The Kier molecular flexibility index (Phi) is 3.36. The minimum atomic E-state index is -0.963. The van der Waals surface area contributed by atoms with Crippen LogP contribution in [-0.2, 0) is 0 Å². The largest absolute Gasteiger partial charge is 0.454 e. The van der Waals surface area contributed by atoms with Crippen LogP contribution in [0.25, 0.3) is 0 Å². The number of hydrogen-bond acceptors (Lipinski definition) is 4. The molecule has 98 valence electrons. The molecular weight excluding hydrogens is 258 g/mol. The van der Waals surface area contributed by atoms with E-state index in [9.17, 15) is 9.90 Å². The topological polar surface area (TPSA) is 67.8 Å². The summed E-state index contributed by atoms with van der Waals surface area (Å²) in [7, 11) is 0. The van der Waals surface area contributed by atoms with Gasteiger partial charge in [-0.05, 0) is 26.0 Å².